The molecule has 8 heteroatoms. The molecule has 2 rings (SSSR count). The van der Waals surface area contributed by atoms with E-state index in [1.54, 1.807) is 25.1 Å². The van der Waals surface area contributed by atoms with Gasteiger partial charge >= 0.3 is 6.03 Å². The van der Waals surface area contributed by atoms with Crippen molar-refractivity contribution in [2.75, 3.05) is 30.8 Å². The van der Waals surface area contributed by atoms with Crippen LogP contribution in [0.1, 0.15) is 19.4 Å². The normalized spacial score (nSPS) is 15.4. The molecule has 0 atom stereocenters. The molecule has 0 saturated carbocycles. The zero-order valence-corrected chi connectivity index (χ0v) is 13.6. The average molecular weight is 327 g/mol. The molecule has 0 radical (unpaired) electrons. The van der Waals surface area contributed by atoms with Gasteiger partial charge in [0.05, 0.1) is 5.75 Å². The molecule has 0 unspecified atom stereocenters. The van der Waals surface area contributed by atoms with Gasteiger partial charge in [-0.15, -0.1) is 0 Å². The predicted octanol–water partition coefficient (Wildman–Crippen LogP) is 1.37. The number of nitrogens with one attached hydrogen (secondary N) is 2. The molecule has 0 fully saturated rings. The predicted molar refractivity (Wildman–Crippen MR) is 84.5 cm³/mol. The molecule has 0 aromatic heterocycles. The summed E-state index contributed by atoms with van der Waals surface area (Å²) >= 11 is 0. The monoisotopic (exact) mass is 327 g/mol. The van der Waals surface area contributed by atoms with Crippen LogP contribution in [0, 0.1) is 0 Å². The number of sulfonamides is 1. The molecule has 22 heavy (non-hydrogen) atoms. The van der Waals surface area contributed by atoms with Crippen molar-refractivity contribution in [3.8, 4) is 5.75 Å². The number of hydrogen-bond acceptors (Lipinski definition) is 4. The van der Waals surface area contributed by atoms with Crippen LogP contribution in [0.5, 0.6) is 5.75 Å². The third-order valence-corrected chi connectivity index (χ3v) is 5.19. The van der Waals surface area contributed by atoms with Gasteiger partial charge in [0, 0.05) is 30.9 Å². The first-order valence-corrected chi connectivity index (χ1v) is 8.85. The lowest BCUT2D eigenvalue weighted by Crippen LogP contribution is -2.33. The molecule has 2 amide bonds. The summed E-state index contributed by atoms with van der Waals surface area (Å²) in [7, 11) is -3.28. The summed E-state index contributed by atoms with van der Waals surface area (Å²) in [5.74, 6) is 0.703. The van der Waals surface area contributed by atoms with Crippen LogP contribution in [0.25, 0.3) is 0 Å². The number of anilines is 1. The molecule has 1 aliphatic heterocycles. The maximum Gasteiger partial charge on any atom is 0.319 e. The minimum absolute atomic E-state index is 0.0547. The first-order chi connectivity index (χ1) is 10.5. The summed E-state index contributed by atoms with van der Waals surface area (Å²) in [6.45, 7) is 4.87. The molecule has 1 heterocycles. The van der Waals surface area contributed by atoms with Gasteiger partial charge in [0.1, 0.15) is 12.4 Å². The van der Waals surface area contributed by atoms with Gasteiger partial charge in [-0.2, -0.15) is 4.31 Å². The van der Waals surface area contributed by atoms with Gasteiger partial charge in [0.2, 0.25) is 10.0 Å². The van der Waals surface area contributed by atoms with Gasteiger partial charge < -0.3 is 15.4 Å². The quantitative estimate of drug-likeness (QED) is 0.874. The maximum atomic E-state index is 12.1. The van der Waals surface area contributed by atoms with Crippen molar-refractivity contribution < 1.29 is 17.9 Å². The number of carbonyl (C=O) groups is 1. The molecule has 0 spiro atoms. The fourth-order valence-electron chi connectivity index (χ4n) is 2.20. The molecular weight excluding hydrogens is 306 g/mol. The maximum absolute atomic E-state index is 12.1. The van der Waals surface area contributed by atoms with Crippen molar-refractivity contribution in [3.05, 3.63) is 23.8 Å². The van der Waals surface area contributed by atoms with E-state index in [4.69, 9.17) is 4.74 Å². The van der Waals surface area contributed by atoms with E-state index in [2.05, 4.69) is 10.6 Å². The molecule has 1 aliphatic rings. The first kappa shape index (κ1) is 16.6. The van der Waals surface area contributed by atoms with E-state index < -0.39 is 10.0 Å². The highest BCUT2D eigenvalue weighted by molar-refractivity contribution is 7.89. The van der Waals surface area contributed by atoms with Crippen LogP contribution < -0.4 is 15.4 Å². The summed E-state index contributed by atoms with van der Waals surface area (Å²) in [5.41, 5.74) is 1.34. The number of carbonyl (C=O) groups excluding carboxylic acids is 1. The Morgan fingerprint density at radius 1 is 1.36 bits per heavy atom. The summed E-state index contributed by atoms with van der Waals surface area (Å²) in [5, 5.41) is 5.35. The SMILES string of the molecule is CCNC(=O)Nc1ccc2c(c1)CN(S(=O)(=O)CC)CCO2. The third-order valence-electron chi connectivity index (χ3n) is 3.36. The Balaban J connectivity index is 2.22. The van der Waals surface area contributed by atoms with E-state index in [0.717, 1.165) is 5.56 Å². The topological polar surface area (TPSA) is 87.7 Å². The van der Waals surface area contributed by atoms with Crippen LogP contribution in [0.4, 0.5) is 10.5 Å². The Hall–Kier alpha value is -1.80. The molecule has 0 bridgehead atoms. The van der Waals surface area contributed by atoms with Gasteiger partial charge in [-0.1, -0.05) is 0 Å². The second kappa shape index (κ2) is 6.97. The number of nitrogens with zero attached hydrogens (tertiary/aromatic N) is 1. The van der Waals surface area contributed by atoms with E-state index in [0.29, 0.717) is 31.1 Å². The van der Waals surface area contributed by atoms with Gasteiger partial charge in [0.15, 0.2) is 0 Å². The second-order valence-electron chi connectivity index (χ2n) is 4.89. The average Bonchev–Trinajstić information content (AvgIpc) is 2.69. The molecule has 122 valence electrons. The smallest absolute Gasteiger partial charge is 0.319 e. The number of ether oxygens (including phenoxy) is 1. The Morgan fingerprint density at radius 2 is 2.14 bits per heavy atom. The molecule has 1 aromatic carbocycles. The second-order valence-corrected chi connectivity index (χ2v) is 7.15. The van der Waals surface area contributed by atoms with Crippen LogP contribution in [-0.4, -0.2) is 44.2 Å². The summed E-state index contributed by atoms with van der Waals surface area (Å²) in [4.78, 5) is 11.6. The Labute approximate surface area is 130 Å². The minimum Gasteiger partial charge on any atom is -0.492 e. The first-order valence-electron chi connectivity index (χ1n) is 7.24. The largest absolute Gasteiger partial charge is 0.492 e. The minimum atomic E-state index is -3.28. The van der Waals surface area contributed by atoms with Crippen LogP contribution in [0.2, 0.25) is 0 Å². The fraction of sp³-hybridized carbons (Fsp3) is 0.500. The molecular formula is C14H21N3O4S. The van der Waals surface area contributed by atoms with Crippen molar-refractivity contribution in [2.24, 2.45) is 0 Å². The zero-order chi connectivity index (χ0) is 16.2. The number of fused-ring (bicyclic) bond motifs is 1. The van der Waals surface area contributed by atoms with Crippen molar-refractivity contribution in [3.63, 3.8) is 0 Å². The number of benzene rings is 1. The molecule has 2 N–H and O–H groups in total. The van der Waals surface area contributed by atoms with E-state index in [9.17, 15) is 13.2 Å². The molecule has 7 nitrogen and oxygen atoms in total. The van der Waals surface area contributed by atoms with E-state index >= 15 is 0 Å². The van der Waals surface area contributed by atoms with Crippen molar-refractivity contribution in [1.29, 1.82) is 0 Å². The van der Waals surface area contributed by atoms with Crippen LogP contribution in [0.3, 0.4) is 0 Å². The van der Waals surface area contributed by atoms with Crippen molar-refractivity contribution >= 4 is 21.7 Å². The van der Waals surface area contributed by atoms with Gasteiger partial charge in [-0.3, -0.25) is 0 Å². The zero-order valence-electron chi connectivity index (χ0n) is 12.8. The lowest BCUT2D eigenvalue weighted by Gasteiger charge is -2.18. The summed E-state index contributed by atoms with van der Waals surface area (Å²) < 4.78 is 31.1. The fourth-order valence-corrected chi connectivity index (χ4v) is 3.26. The van der Waals surface area contributed by atoms with Crippen LogP contribution >= 0.6 is 0 Å². The highest BCUT2D eigenvalue weighted by atomic mass is 32.2. The number of amides is 2. The lowest BCUT2D eigenvalue weighted by molar-refractivity contribution is 0.252. The molecule has 0 saturated heterocycles. The Bertz CT molecular complexity index is 645. The number of hydrogen-bond donors (Lipinski definition) is 2. The van der Waals surface area contributed by atoms with Crippen LogP contribution in [-0.2, 0) is 16.6 Å². The van der Waals surface area contributed by atoms with E-state index in [1.807, 2.05) is 6.92 Å². The summed E-state index contributed by atoms with van der Waals surface area (Å²) in [6.07, 6.45) is 0. The molecule has 1 aromatic rings. The van der Waals surface area contributed by atoms with E-state index in [-0.39, 0.29) is 18.3 Å². The van der Waals surface area contributed by atoms with Crippen molar-refractivity contribution in [2.45, 2.75) is 20.4 Å². The Morgan fingerprint density at radius 3 is 2.82 bits per heavy atom. The number of urea groups is 1. The third kappa shape index (κ3) is 3.89. The van der Waals surface area contributed by atoms with Crippen LogP contribution in [0.15, 0.2) is 18.2 Å². The molecule has 0 aliphatic carbocycles. The lowest BCUT2D eigenvalue weighted by atomic mass is 10.1. The van der Waals surface area contributed by atoms with Crippen molar-refractivity contribution in [1.82, 2.24) is 9.62 Å². The van der Waals surface area contributed by atoms with Gasteiger partial charge in [0.25, 0.3) is 0 Å². The standard InChI is InChI=1S/C14H21N3O4S/c1-3-15-14(18)16-12-5-6-13-11(9-12)10-17(7-8-21-13)22(19,20)4-2/h5-6,9H,3-4,7-8,10H2,1-2H3,(H2,15,16,18). The highest BCUT2D eigenvalue weighted by Crippen LogP contribution is 2.27. The van der Waals surface area contributed by atoms with Gasteiger partial charge in [-0.25, -0.2) is 13.2 Å². The summed E-state index contributed by atoms with van der Waals surface area (Å²) in [6, 6.07) is 4.93. The van der Waals surface area contributed by atoms with E-state index in [1.165, 1.54) is 4.31 Å². The Kier molecular flexibility index (Phi) is 5.25. The number of rotatable bonds is 4. The highest BCUT2D eigenvalue weighted by Gasteiger charge is 2.24. The van der Waals surface area contributed by atoms with Gasteiger partial charge in [-0.05, 0) is 32.0 Å².